The lowest BCUT2D eigenvalue weighted by atomic mass is 9.93. The van der Waals surface area contributed by atoms with Crippen LogP contribution in [0, 0.1) is 0 Å². The van der Waals surface area contributed by atoms with Crippen molar-refractivity contribution in [2.45, 2.75) is 31.7 Å². The first-order valence-electron chi connectivity index (χ1n) is 5.81. The van der Waals surface area contributed by atoms with Crippen LogP contribution in [0.25, 0.3) is 0 Å². The first-order chi connectivity index (χ1) is 7.81. The molecule has 1 aliphatic rings. The summed E-state index contributed by atoms with van der Waals surface area (Å²) in [6.45, 7) is 0.717. The van der Waals surface area contributed by atoms with Gasteiger partial charge in [0.15, 0.2) is 0 Å². The lowest BCUT2D eigenvalue weighted by Gasteiger charge is -2.22. The topological polar surface area (TPSA) is 54.3 Å². The Kier molecular flexibility index (Phi) is 3.62. The number of carbonyl (C=O) groups excluding carboxylic acids is 1. The molecular weight excluding hydrogens is 204 g/mol. The first-order valence-corrected chi connectivity index (χ1v) is 5.81. The van der Waals surface area contributed by atoms with E-state index in [0.717, 1.165) is 31.6 Å². The summed E-state index contributed by atoms with van der Waals surface area (Å²) in [6, 6.07) is 2.39. The van der Waals surface area contributed by atoms with E-state index in [9.17, 15) is 4.79 Å². The van der Waals surface area contributed by atoms with Crippen LogP contribution in [0.3, 0.4) is 0 Å². The zero-order valence-electron chi connectivity index (χ0n) is 9.58. The van der Waals surface area contributed by atoms with Gasteiger partial charge in [-0.1, -0.05) is 0 Å². The maximum Gasteiger partial charge on any atom is 0.221 e. The molecule has 4 nitrogen and oxygen atoms in total. The van der Waals surface area contributed by atoms with Gasteiger partial charge in [-0.2, -0.15) is 0 Å². The van der Waals surface area contributed by atoms with Crippen LogP contribution >= 0.6 is 0 Å². The van der Waals surface area contributed by atoms with E-state index in [-0.39, 0.29) is 5.91 Å². The molecule has 2 rings (SSSR count). The lowest BCUT2D eigenvalue weighted by Crippen LogP contribution is -2.29. The molecule has 2 N–H and O–H groups in total. The van der Waals surface area contributed by atoms with Crippen molar-refractivity contribution in [1.82, 2.24) is 10.6 Å². The van der Waals surface area contributed by atoms with E-state index < -0.39 is 0 Å². The summed E-state index contributed by atoms with van der Waals surface area (Å²) < 4.78 is 5.42. The van der Waals surface area contributed by atoms with E-state index in [4.69, 9.17) is 4.42 Å². The van der Waals surface area contributed by atoms with Crippen LogP contribution in [0.15, 0.2) is 16.7 Å². The third-order valence-electron chi connectivity index (χ3n) is 3.07. The van der Waals surface area contributed by atoms with Crippen molar-refractivity contribution in [3.63, 3.8) is 0 Å². The van der Waals surface area contributed by atoms with Crippen LogP contribution < -0.4 is 10.6 Å². The van der Waals surface area contributed by atoms with Gasteiger partial charge in [0.1, 0.15) is 5.76 Å². The summed E-state index contributed by atoms with van der Waals surface area (Å²) >= 11 is 0. The van der Waals surface area contributed by atoms with Crippen LogP contribution in [0.5, 0.6) is 0 Å². The normalized spacial score (nSPS) is 19.2. The van der Waals surface area contributed by atoms with Gasteiger partial charge in [0.2, 0.25) is 5.91 Å². The first kappa shape index (κ1) is 11.2. The molecule has 0 fully saturated rings. The third kappa shape index (κ3) is 2.44. The predicted molar refractivity (Wildman–Crippen MR) is 61.1 cm³/mol. The molecule has 0 saturated carbocycles. The van der Waals surface area contributed by atoms with Crippen LogP contribution in [-0.4, -0.2) is 19.5 Å². The maximum atomic E-state index is 11.1. The van der Waals surface area contributed by atoms with E-state index in [1.54, 1.807) is 13.3 Å². The highest BCUT2D eigenvalue weighted by atomic mass is 16.3. The summed E-state index contributed by atoms with van der Waals surface area (Å²) in [5.74, 6) is 1.18. The Morgan fingerprint density at radius 1 is 1.62 bits per heavy atom. The van der Waals surface area contributed by atoms with Gasteiger partial charge in [0.25, 0.3) is 0 Å². The van der Waals surface area contributed by atoms with Crippen LogP contribution in [0.1, 0.15) is 36.6 Å². The molecule has 1 unspecified atom stereocenters. The Labute approximate surface area is 95.4 Å². The van der Waals surface area contributed by atoms with E-state index in [1.165, 1.54) is 5.56 Å². The fourth-order valence-corrected chi connectivity index (χ4v) is 2.18. The Balaban J connectivity index is 1.86. The van der Waals surface area contributed by atoms with Gasteiger partial charge < -0.3 is 15.1 Å². The molecule has 0 radical (unpaired) electrons. The Morgan fingerprint density at radius 2 is 2.50 bits per heavy atom. The largest absolute Gasteiger partial charge is 0.469 e. The van der Waals surface area contributed by atoms with Crippen molar-refractivity contribution >= 4 is 5.91 Å². The molecule has 1 aromatic heterocycles. The molecule has 0 bridgehead atoms. The number of rotatable bonds is 4. The molecule has 0 aliphatic heterocycles. The second-order valence-corrected chi connectivity index (χ2v) is 4.12. The smallest absolute Gasteiger partial charge is 0.221 e. The second kappa shape index (κ2) is 5.16. The number of hydrogen-bond acceptors (Lipinski definition) is 3. The Hall–Kier alpha value is -1.29. The zero-order chi connectivity index (χ0) is 11.4. The molecule has 4 heteroatoms. The fourth-order valence-electron chi connectivity index (χ4n) is 2.18. The summed E-state index contributed by atoms with van der Waals surface area (Å²) in [4.78, 5) is 11.1. The number of nitrogens with one attached hydrogen (secondary N) is 2. The second-order valence-electron chi connectivity index (χ2n) is 4.12. The van der Waals surface area contributed by atoms with Gasteiger partial charge in [-0.3, -0.25) is 4.79 Å². The highest BCUT2D eigenvalue weighted by molar-refractivity contribution is 5.75. The molecule has 1 aliphatic carbocycles. The Bertz CT molecular complexity index is 360. The summed E-state index contributed by atoms with van der Waals surface area (Å²) in [6.07, 6.45) is 5.60. The van der Waals surface area contributed by atoms with Gasteiger partial charge >= 0.3 is 0 Å². The number of aryl methyl sites for hydroxylation is 1. The highest BCUT2D eigenvalue weighted by Crippen LogP contribution is 2.30. The number of fused-ring (bicyclic) bond motifs is 1. The van der Waals surface area contributed by atoms with Gasteiger partial charge in [0.05, 0.1) is 6.26 Å². The van der Waals surface area contributed by atoms with E-state index in [1.807, 2.05) is 6.07 Å². The summed E-state index contributed by atoms with van der Waals surface area (Å²) in [5, 5.41) is 6.03. The maximum absolute atomic E-state index is 11.1. The molecule has 0 saturated heterocycles. The monoisotopic (exact) mass is 222 g/mol. The van der Waals surface area contributed by atoms with E-state index >= 15 is 0 Å². The third-order valence-corrected chi connectivity index (χ3v) is 3.07. The van der Waals surface area contributed by atoms with Crippen molar-refractivity contribution in [2.24, 2.45) is 0 Å². The number of furan rings is 1. The minimum atomic E-state index is 0.0794. The summed E-state index contributed by atoms with van der Waals surface area (Å²) in [5.41, 5.74) is 1.27. The van der Waals surface area contributed by atoms with E-state index in [2.05, 4.69) is 10.6 Å². The lowest BCUT2D eigenvalue weighted by molar-refractivity contribution is -0.120. The fraction of sp³-hybridized carbons (Fsp3) is 0.583. The van der Waals surface area contributed by atoms with Crippen LogP contribution in [-0.2, 0) is 11.2 Å². The highest BCUT2D eigenvalue weighted by Gasteiger charge is 2.21. The molecule has 16 heavy (non-hydrogen) atoms. The molecule has 0 aromatic carbocycles. The standard InChI is InChI=1S/C12H18N2O2/c1-13-12(15)5-7-14-10-3-2-4-11-9(10)6-8-16-11/h6,8,10,14H,2-5,7H2,1H3,(H,13,15). The van der Waals surface area contributed by atoms with Gasteiger partial charge in [-0.15, -0.1) is 0 Å². The van der Waals surface area contributed by atoms with Crippen molar-refractivity contribution < 1.29 is 9.21 Å². The molecule has 88 valence electrons. The zero-order valence-corrected chi connectivity index (χ0v) is 9.58. The number of carbonyl (C=O) groups is 1. The van der Waals surface area contributed by atoms with Crippen molar-refractivity contribution in [2.75, 3.05) is 13.6 Å². The molecule has 1 atom stereocenters. The number of hydrogen-bond donors (Lipinski definition) is 2. The average molecular weight is 222 g/mol. The van der Waals surface area contributed by atoms with Crippen molar-refractivity contribution in [3.8, 4) is 0 Å². The number of amides is 1. The average Bonchev–Trinajstić information content (AvgIpc) is 2.77. The van der Waals surface area contributed by atoms with Crippen LogP contribution in [0.2, 0.25) is 0 Å². The van der Waals surface area contributed by atoms with Crippen LogP contribution in [0.4, 0.5) is 0 Å². The molecule has 1 heterocycles. The van der Waals surface area contributed by atoms with Gasteiger partial charge in [-0.25, -0.2) is 0 Å². The van der Waals surface area contributed by atoms with Crippen molar-refractivity contribution in [1.29, 1.82) is 0 Å². The SMILES string of the molecule is CNC(=O)CCNC1CCCc2occc21. The molecular formula is C12H18N2O2. The van der Waals surface area contributed by atoms with Crippen molar-refractivity contribution in [3.05, 3.63) is 23.7 Å². The molecule has 0 spiro atoms. The summed E-state index contributed by atoms with van der Waals surface area (Å²) in [7, 11) is 1.66. The minimum absolute atomic E-state index is 0.0794. The Morgan fingerprint density at radius 3 is 3.31 bits per heavy atom. The minimum Gasteiger partial charge on any atom is -0.469 e. The van der Waals surface area contributed by atoms with E-state index in [0.29, 0.717) is 12.5 Å². The van der Waals surface area contributed by atoms with Gasteiger partial charge in [0, 0.05) is 38.0 Å². The molecule has 1 aromatic rings. The van der Waals surface area contributed by atoms with Gasteiger partial charge in [-0.05, 0) is 18.9 Å². The predicted octanol–water partition coefficient (Wildman–Crippen LogP) is 1.38. The quantitative estimate of drug-likeness (QED) is 0.809. The molecule has 1 amide bonds.